The lowest BCUT2D eigenvalue weighted by Crippen LogP contribution is -2.59. The minimum Gasteiger partial charge on any atom is -0.350 e. The Balaban J connectivity index is 1.08. The van der Waals surface area contributed by atoms with E-state index in [2.05, 4.69) is 25.2 Å². The van der Waals surface area contributed by atoms with Crippen molar-refractivity contribution in [3.05, 3.63) is 89.8 Å². The van der Waals surface area contributed by atoms with Crippen molar-refractivity contribution in [2.75, 3.05) is 0 Å². The van der Waals surface area contributed by atoms with Gasteiger partial charge in [-0.05, 0) is 63.6 Å². The maximum Gasteiger partial charge on any atom is 0.252 e. The van der Waals surface area contributed by atoms with Crippen molar-refractivity contribution >= 4 is 5.91 Å². The number of rotatable bonds is 9. The lowest BCUT2D eigenvalue weighted by atomic mass is 9.98. The van der Waals surface area contributed by atoms with Crippen LogP contribution >= 0.6 is 0 Å². The zero-order chi connectivity index (χ0) is 29.3. The van der Waals surface area contributed by atoms with E-state index in [1.54, 1.807) is 18.6 Å². The van der Waals surface area contributed by atoms with Crippen molar-refractivity contribution in [1.29, 1.82) is 0 Å². The van der Waals surface area contributed by atoms with Gasteiger partial charge in [-0.25, -0.2) is 0 Å². The van der Waals surface area contributed by atoms with Gasteiger partial charge in [0.05, 0.1) is 17.1 Å². The first-order valence-corrected chi connectivity index (χ1v) is 14.2. The highest BCUT2D eigenvalue weighted by atomic mass is 16.9. The summed E-state index contributed by atoms with van der Waals surface area (Å²) in [6, 6.07) is 15.8. The molecule has 3 aromatic heterocycles. The maximum absolute atomic E-state index is 13.3. The average molecular weight is 576 g/mol. The van der Waals surface area contributed by atoms with Gasteiger partial charge in [0.25, 0.3) is 5.91 Å². The summed E-state index contributed by atoms with van der Waals surface area (Å²) in [7, 11) is 0. The van der Waals surface area contributed by atoms with Crippen molar-refractivity contribution in [2.45, 2.75) is 96.2 Å². The normalized spacial score (nSPS) is 27.4. The first-order chi connectivity index (χ1) is 20.1. The van der Waals surface area contributed by atoms with Crippen LogP contribution in [0.5, 0.6) is 0 Å². The molecule has 222 valence electrons. The number of aromatic nitrogens is 3. The van der Waals surface area contributed by atoms with Crippen molar-refractivity contribution in [1.82, 2.24) is 25.2 Å². The number of hydrogen-bond donors (Lipinski definition) is 1. The number of carbonyl (C=O) groups is 1. The first kappa shape index (κ1) is 28.8. The van der Waals surface area contributed by atoms with Crippen LogP contribution in [0.15, 0.2) is 67.1 Å². The monoisotopic (exact) mass is 575 g/mol. The molecule has 3 fully saturated rings. The molecule has 11 nitrogen and oxygen atoms in total. The third-order valence-corrected chi connectivity index (χ3v) is 7.37. The molecule has 0 radical (unpaired) electrons. The Morgan fingerprint density at radius 1 is 0.762 bits per heavy atom. The summed E-state index contributed by atoms with van der Waals surface area (Å²) in [5, 5.41) is 2.97. The summed E-state index contributed by atoms with van der Waals surface area (Å²) >= 11 is 0. The third kappa shape index (κ3) is 6.67. The van der Waals surface area contributed by atoms with Crippen LogP contribution in [0.4, 0.5) is 0 Å². The first-order valence-electron chi connectivity index (χ1n) is 14.2. The standard InChI is InChI=1S/C31H37N5O6/c1-30(2)39-24-25(40-30)27-29(42-31(3,4)41-27)38-26(24)28(37)35-16-20-11-12-23(34-15-20)19-36(17-21-9-5-7-13-32-21)18-22-10-6-8-14-33-22/h5-15,24-27,29H,16-19H2,1-4H3,(H,35,37)/t24-,25+,26?,27-,29-/m1/s1. The Bertz CT molecular complexity index is 1320. The summed E-state index contributed by atoms with van der Waals surface area (Å²) < 4.78 is 30.2. The molecule has 3 aliphatic heterocycles. The van der Waals surface area contributed by atoms with Crippen molar-refractivity contribution < 1.29 is 28.5 Å². The molecule has 3 saturated heterocycles. The van der Waals surface area contributed by atoms with Crippen LogP contribution in [0, 0.1) is 0 Å². The predicted octanol–water partition coefficient (Wildman–Crippen LogP) is 3.09. The molecular weight excluding hydrogens is 538 g/mol. The number of nitrogens with zero attached hydrogens (tertiary/aromatic N) is 4. The molecule has 1 N–H and O–H groups in total. The van der Waals surface area contributed by atoms with Gasteiger partial charge in [-0.3, -0.25) is 24.6 Å². The number of pyridine rings is 3. The van der Waals surface area contributed by atoms with E-state index in [1.165, 1.54) is 0 Å². The number of carbonyl (C=O) groups excluding carboxylic acids is 1. The van der Waals surface area contributed by atoms with Crippen LogP contribution in [0.3, 0.4) is 0 Å². The van der Waals surface area contributed by atoms with Crippen LogP contribution in [0.25, 0.3) is 0 Å². The number of amides is 1. The second kappa shape index (κ2) is 11.8. The summed E-state index contributed by atoms with van der Waals surface area (Å²) in [6.07, 6.45) is 2.15. The third-order valence-electron chi connectivity index (χ3n) is 7.37. The lowest BCUT2D eigenvalue weighted by molar-refractivity contribution is -0.231. The summed E-state index contributed by atoms with van der Waals surface area (Å²) in [6.45, 7) is 9.49. The van der Waals surface area contributed by atoms with Gasteiger partial charge < -0.3 is 29.0 Å². The van der Waals surface area contributed by atoms with E-state index < -0.39 is 42.3 Å². The highest BCUT2D eigenvalue weighted by Gasteiger charge is 2.62. The van der Waals surface area contributed by atoms with Crippen LogP contribution in [-0.2, 0) is 54.7 Å². The van der Waals surface area contributed by atoms with Crippen LogP contribution < -0.4 is 5.32 Å². The number of hydrogen-bond acceptors (Lipinski definition) is 10. The largest absolute Gasteiger partial charge is 0.350 e. The number of nitrogens with one attached hydrogen (secondary N) is 1. The minimum absolute atomic E-state index is 0.288. The molecule has 1 unspecified atom stereocenters. The molecule has 1 amide bonds. The molecule has 0 spiro atoms. The summed E-state index contributed by atoms with van der Waals surface area (Å²) in [5.74, 6) is -2.03. The van der Waals surface area contributed by atoms with Crippen LogP contribution in [-0.4, -0.2) is 68.0 Å². The molecule has 0 aromatic carbocycles. The molecule has 0 aliphatic carbocycles. The van der Waals surface area contributed by atoms with E-state index in [-0.39, 0.29) is 12.5 Å². The topological polar surface area (TPSA) is 117 Å². The minimum atomic E-state index is -0.908. The Morgan fingerprint density at radius 2 is 1.36 bits per heavy atom. The fourth-order valence-electron chi connectivity index (χ4n) is 5.60. The Labute approximate surface area is 245 Å². The van der Waals surface area contributed by atoms with E-state index in [1.807, 2.05) is 76.2 Å². The quantitative estimate of drug-likeness (QED) is 0.408. The highest BCUT2D eigenvalue weighted by Crippen LogP contribution is 2.44. The smallest absolute Gasteiger partial charge is 0.252 e. The zero-order valence-corrected chi connectivity index (χ0v) is 24.3. The molecule has 3 aromatic rings. The predicted molar refractivity (Wildman–Crippen MR) is 150 cm³/mol. The Hall–Kier alpha value is -3.32. The highest BCUT2D eigenvalue weighted by molar-refractivity contribution is 5.81. The summed E-state index contributed by atoms with van der Waals surface area (Å²) in [4.78, 5) is 29.2. The van der Waals surface area contributed by atoms with Crippen LogP contribution in [0.2, 0.25) is 0 Å². The maximum atomic E-state index is 13.3. The fraction of sp³-hybridized carbons (Fsp3) is 0.484. The van der Waals surface area contributed by atoms with Gasteiger partial charge in [0, 0.05) is 44.8 Å². The zero-order valence-electron chi connectivity index (χ0n) is 24.3. The molecular formula is C31H37N5O6. The molecule has 3 aliphatic rings. The second-order valence-corrected chi connectivity index (χ2v) is 11.8. The second-order valence-electron chi connectivity index (χ2n) is 11.8. The van der Waals surface area contributed by atoms with Crippen LogP contribution in [0.1, 0.15) is 50.3 Å². The van der Waals surface area contributed by atoms with Gasteiger partial charge in [-0.2, -0.15) is 0 Å². The van der Waals surface area contributed by atoms with E-state index in [4.69, 9.17) is 23.7 Å². The van der Waals surface area contributed by atoms with Gasteiger partial charge in [-0.15, -0.1) is 0 Å². The SMILES string of the molecule is CC1(C)O[C@H]2OC(C(=O)NCc3ccc(CN(Cc4ccccn4)Cc4ccccn4)nc3)[C@@H]3OC(C)(C)O[C@@H]3[C@H]2O1. The van der Waals surface area contributed by atoms with Crippen molar-refractivity contribution in [2.24, 2.45) is 0 Å². The lowest BCUT2D eigenvalue weighted by Gasteiger charge is -2.36. The van der Waals surface area contributed by atoms with Gasteiger partial charge in [-0.1, -0.05) is 18.2 Å². The number of ether oxygens (including phenoxy) is 5. The van der Waals surface area contributed by atoms with E-state index in [0.29, 0.717) is 19.6 Å². The van der Waals surface area contributed by atoms with Crippen molar-refractivity contribution in [3.63, 3.8) is 0 Å². The Morgan fingerprint density at radius 3 is 1.95 bits per heavy atom. The Kier molecular flexibility index (Phi) is 8.05. The molecule has 42 heavy (non-hydrogen) atoms. The summed E-state index contributed by atoms with van der Waals surface area (Å²) in [5.41, 5.74) is 3.72. The van der Waals surface area contributed by atoms with Gasteiger partial charge in [0.2, 0.25) is 0 Å². The van der Waals surface area contributed by atoms with Crippen molar-refractivity contribution in [3.8, 4) is 0 Å². The fourth-order valence-corrected chi connectivity index (χ4v) is 5.60. The number of fused-ring (bicyclic) bond motifs is 3. The average Bonchev–Trinajstić information content (AvgIpc) is 3.46. The van der Waals surface area contributed by atoms with Gasteiger partial charge in [0.1, 0.15) is 18.3 Å². The molecule has 6 heterocycles. The van der Waals surface area contributed by atoms with E-state index >= 15 is 0 Å². The molecule has 11 heteroatoms. The van der Waals surface area contributed by atoms with E-state index in [9.17, 15) is 4.79 Å². The molecule has 0 bridgehead atoms. The molecule has 5 atom stereocenters. The molecule has 0 saturated carbocycles. The van der Waals surface area contributed by atoms with E-state index in [0.717, 1.165) is 22.6 Å². The molecule has 6 rings (SSSR count). The van der Waals surface area contributed by atoms with Gasteiger partial charge in [0.15, 0.2) is 24.0 Å². The van der Waals surface area contributed by atoms with Gasteiger partial charge >= 0.3 is 0 Å².